The number of benzene rings is 2. The van der Waals surface area contributed by atoms with Crippen molar-refractivity contribution in [1.82, 2.24) is 0 Å². The van der Waals surface area contributed by atoms with Crippen LogP contribution < -0.4 is 15.4 Å². The monoisotopic (exact) mass is 272 g/mol. The third-order valence-electron chi connectivity index (χ3n) is 3.00. The average Bonchev–Trinajstić information content (AvgIpc) is 2.46. The standard InChI is InChI=1S/C15H16N2O3/c1-17(11-4-6-12(18)7-5-11)15(19)13-9-10(16)3-8-14(13)20-2/h3-9,18H,16H2,1-2H3. The number of nitrogens with two attached hydrogens (primary N) is 1. The fraction of sp³-hybridized carbons (Fsp3) is 0.133. The van der Waals surface area contributed by atoms with Gasteiger partial charge in [-0.1, -0.05) is 0 Å². The van der Waals surface area contributed by atoms with Gasteiger partial charge in [-0.05, 0) is 42.5 Å². The SMILES string of the molecule is COc1ccc(N)cc1C(=O)N(C)c1ccc(O)cc1. The number of anilines is 2. The van der Waals surface area contributed by atoms with Crippen molar-refractivity contribution in [3.8, 4) is 11.5 Å². The predicted octanol–water partition coefficient (Wildman–Crippen LogP) is 2.26. The first-order chi connectivity index (χ1) is 9.52. The van der Waals surface area contributed by atoms with Gasteiger partial charge in [0.25, 0.3) is 5.91 Å². The van der Waals surface area contributed by atoms with Gasteiger partial charge in [-0.15, -0.1) is 0 Å². The van der Waals surface area contributed by atoms with Crippen molar-refractivity contribution >= 4 is 17.3 Å². The van der Waals surface area contributed by atoms with E-state index in [1.165, 1.54) is 24.1 Å². The summed E-state index contributed by atoms with van der Waals surface area (Å²) in [7, 11) is 3.15. The van der Waals surface area contributed by atoms with Gasteiger partial charge >= 0.3 is 0 Å². The summed E-state index contributed by atoms with van der Waals surface area (Å²) >= 11 is 0. The first-order valence-corrected chi connectivity index (χ1v) is 6.03. The first-order valence-electron chi connectivity index (χ1n) is 6.03. The van der Waals surface area contributed by atoms with E-state index in [9.17, 15) is 9.90 Å². The van der Waals surface area contributed by atoms with Crippen molar-refractivity contribution in [2.24, 2.45) is 0 Å². The molecular weight excluding hydrogens is 256 g/mol. The summed E-state index contributed by atoms with van der Waals surface area (Å²) in [6.45, 7) is 0. The number of phenols is 1. The zero-order valence-electron chi connectivity index (χ0n) is 11.3. The summed E-state index contributed by atoms with van der Waals surface area (Å²) in [4.78, 5) is 14.0. The minimum absolute atomic E-state index is 0.149. The summed E-state index contributed by atoms with van der Waals surface area (Å²) in [6, 6.07) is 11.3. The van der Waals surface area contributed by atoms with Gasteiger partial charge in [0.05, 0.1) is 12.7 Å². The molecule has 0 saturated heterocycles. The number of ether oxygens (including phenoxy) is 1. The highest BCUT2D eigenvalue weighted by Crippen LogP contribution is 2.25. The highest BCUT2D eigenvalue weighted by atomic mass is 16.5. The summed E-state index contributed by atoms with van der Waals surface area (Å²) in [5.41, 5.74) is 7.27. The molecular formula is C15H16N2O3. The van der Waals surface area contributed by atoms with Gasteiger partial charge < -0.3 is 20.5 Å². The van der Waals surface area contributed by atoms with Crippen LogP contribution >= 0.6 is 0 Å². The molecule has 5 heteroatoms. The second kappa shape index (κ2) is 5.52. The normalized spacial score (nSPS) is 10.1. The Bertz CT molecular complexity index is 624. The zero-order valence-corrected chi connectivity index (χ0v) is 11.3. The molecule has 5 nitrogen and oxygen atoms in total. The number of rotatable bonds is 3. The van der Waals surface area contributed by atoms with Crippen LogP contribution in [0.4, 0.5) is 11.4 Å². The second-order valence-electron chi connectivity index (χ2n) is 4.34. The van der Waals surface area contributed by atoms with Crippen LogP contribution in [-0.2, 0) is 0 Å². The lowest BCUT2D eigenvalue weighted by atomic mass is 10.1. The Labute approximate surface area is 117 Å². The van der Waals surface area contributed by atoms with Crippen molar-refractivity contribution in [3.05, 3.63) is 48.0 Å². The highest BCUT2D eigenvalue weighted by Gasteiger charge is 2.18. The average molecular weight is 272 g/mol. The molecule has 2 aromatic carbocycles. The lowest BCUT2D eigenvalue weighted by Gasteiger charge is -2.19. The van der Waals surface area contributed by atoms with Crippen LogP contribution in [0.1, 0.15) is 10.4 Å². The van der Waals surface area contributed by atoms with E-state index in [-0.39, 0.29) is 11.7 Å². The summed E-state index contributed by atoms with van der Waals surface area (Å²) in [5, 5.41) is 9.27. The van der Waals surface area contributed by atoms with Crippen LogP contribution in [0.3, 0.4) is 0 Å². The Morgan fingerprint density at radius 2 is 1.85 bits per heavy atom. The molecule has 0 fully saturated rings. The minimum atomic E-state index is -0.236. The van der Waals surface area contributed by atoms with E-state index in [0.717, 1.165) is 0 Å². The van der Waals surface area contributed by atoms with Gasteiger partial charge in [0, 0.05) is 18.4 Å². The molecule has 1 amide bonds. The molecule has 20 heavy (non-hydrogen) atoms. The number of hydrogen-bond acceptors (Lipinski definition) is 4. The predicted molar refractivity (Wildman–Crippen MR) is 78.2 cm³/mol. The molecule has 0 radical (unpaired) electrons. The summed E-state index contributed by atoms with van der Waals surface area (Å²) < 4.78 is 5.18. The topological polar surface area (TPSA) is 75.8 Å². The van der Waals surface area contributed by atoms with Gasteiger partial charge in [0.2, 0.25) is 0 Å². The maximum Gasteiger partial charge on any atom is 0.261 e. The van der Waals surface area contributed by atoms with Crippen molar-refractivity contribution in [2.75, 3.05) is 24.8 Å². The van der Waals surface area contributed by atoms with E-state index >= 15 is 0 Å². The molecule has 0 atom stereocenters. The van der Waals surface area contributed by atoms with Crippen molar-refractivity contribution < 1.29 is 14.6 Å². The van der Waals surface area contributed by atoms with Crippen LogP contribution in [0.25, 0.3) is 0 Å². The molecule has 0 aliphatic rings. The molecule has 0 aliphatic heterocycles. The maximum atomic E-state index is 12.5. The maximum absolute atomic E-state index is 12.5. The van der Waals surface area contributed by atoms with Gasteiger partial charge in [0.15, 0.2) is 0 Å². The van der Waals surface area contributed by atoms with Crippen LogP contribution in [0.2, 0.25) is 0 Å². The Morgan fingerprint density at radius 1 is 1.20 bits per heavy atom. The molecule has 104 valence electrons. The molecule has 2 aromatic rings. The number of carbonyl (C=O) groups is 1. The Hall–Kier alpha value is -2.69. The molecule has 0 aromatic heterocycles. The first kappa shape index (κ1) is 13.7. The van der Waals surface area contributed by atoms with Crippen LogP contribution in [0.5, 0.6) is 11.5 Å². The number of nitrogen functional groups attached to an aromatic ring is 1. The molecule has 0 spiro atoms. The van der Waals surface area contributed by atoms with E-state index < -0.39 is 0 Å². The van der Waals surface area contributed by atoms with Crippen molar-refractivity contribution in [2.45, 2.75) is 0 Å². The van der Waals surface area contributed by atoms with E-state index in [2.05, 4.69) is 0 Å². The molecule has 0 bridgehead atoms. The molecule has 3 N–H and O–H groups in total. The molecule has 2 rings (SSSR count). The number of aromatic hydroxyl groups is 1. The van der Waals surface area contributed by atoms with Crippen molar-refractivity contribution in [3.63, 3.8) is 0 Å². The lowest BCUT2D eigenvalue weighted by Crippen LogP contribution is -2.26. The smallest absolute Gasteiger partial charge is 0.261 e. The molecule has 0 heterocycles. The third kappa shape index (κ3) is 2.66. The Morgan fingerprint density at radius 3 is 2.45 bits per heavy atom. The molecule has 0 aliphatic carbocycles. The fourth-order valence-electron chi connectivity index (χ4n) is 1.87. The van der Waals surface area contributed by atoms with Crippen LogP contribution in [-0.4, -0.2) is 25.2 Å². The second-order valence-corrected chi connectivity index (χ2v) is 4.34. The fourth-order valence-corrected chi connectivity index (χ4v) is 1.87. The highest BCUT2D eigenvalue weighted by molar-refractivity contribution is 6.08. The number of nitrogens with zero attached hydrogens (tertiary/aromatic N) is 1. The van der Waals surface area contributed by atoms with E-state index in [1.54, 1.807) is 37.4 Å². The number of amides is 1. The van der Waals surface area contributed by atoms with Crippen molar-refractivity contribution in [1.29, 1.82) is 0 Å². The molecule has 0 saturated carbocycles. The third-order valence-corrected chi connectivity index (χ3v) is 3.00. The molecule has 0 unspecified atom stereocenters. The van der Waals surface area contributed by atoms with Gasteiger partial charge in [-0.2, -0.15) is 0 Å². The Kier molecular flexibility index (Phi) is 3.79. The number of hydrogen-bond donors (Lipinski definition) is 2. The van der Waals surface area contributed by atoms with E-state index in [4.69, 9.17) is 10.5 Å². The number of phenolic OH excluding ortho intramolecular Hbond substituents is 1. The van der Waals surface area contributed by atoms with E-state index in [0.29, 0.717) is 22.7 Å². The largest absolute Gasteiger partial charge is 0.508 e. The van der Waals surface area contributed by atoms with Crippen LogP contribution in [0.15, 0.2) is 42.5 Å². The Balaban J connectivity index is 2.35. The minimum Gasteiger partial charge on any atom is -0.508 e. The lowest BCUT2D eigenvalue weighted by molar-refractivity contribution is 0.0990. The van der Waals surface area contributed by atoms with Crippen LogP contribution in [0, 0.1) is 0 Å². The quantitative estimate of drug-likeness (QED) is 0.840. The number of carbonyl (C=O) groups excluding carboxylic acids is 1. The van der Waals surface area contributed by atoms with E-state index in [1.807, 2.05) is 0 Å². The van der Waals surface area contributed by atoms with Gasteiger partial charge in [-0.3, -0.25) is 4.79 Å². The number of methoxy groups -OCH3 is 1. The summed E-state index contributed by atoms with van der Waals surface area (Å²) in [6.07, 6.45) is 0. The van der Waals surface area contributed by atoms with Gasteiger partial charge in [0.1, 0.15) is 11.5 Å². The van der Waals surface area contributed by atoms with Gasteiger partial charge in [-0.25, -0.2) is 0 Å². The zero-order chi connectivity index (χ0) is 14.7. The summed E-state index contributed by atoms with van der Waals surface area (Å²) in [5.74, 6) is 0.380.